The van der Waals surface area contributed by atoms with E-state index >= 15 is 0 Å². The van der Waals surface area contributed by atoms with Crippen molar-refractivity contribution >= 4 is 29.2 Å². The van der Waals surface area contributed by atoms with Gasteiger partial charge in [-0.05, 0) is 31.0 Å². The molecular weight excluding hydrogens is 285 g/mol. The molecule has 4 nitrogen and oxygen atoms in total. The molecule has 6 heteroatoms. The molecule has 1 aliphatic carbocycles. The summed E-state index contributed by atoms with van der Waals surface area (Å²) in [7, 11) is 0. The molecule has 106 valence electrons. The van der Waals surface area contributed by atoms with Crippen LogP contribution in [0.2, 0.25) is 5.02 Å². The number of carboxylic acids is 1. The summed E-state index contributed by atoms with van der Waals surface area (Å²) in [6.07, 6.45) is 4.14. The molecule has 0 fully saturated rings. The number of nitrogens with one attached hydrogen (secondary N) is 1. The average molecular weight is 298 g/mol. The van der Waals surface area contributed by atoms with E-state index in [1.807, 2.05) is 0 Å². The third-order valence-corrected chi connectivity index (χ3v) is 3.51. The first-order valence-electron chi connectivity index (χ1n) is 6.12. The van der Waals surface area contributed by atoms with Crippen molar-refractivity contribution in [2.45, 2.75) is 12.8 Å². The summed E-state index contributed by atoms with van der Waals surface area (Å²) in [5.41, 5.74) is -0.00177. The standard InChI is InChI=1S/C14H13ClFNO3/c15-8-5-6-12(11(16)7-8)17-13(18)9-3-1-2-4-10(9)14(19)20/h1-2,5-7,9-10H,3-4H2,(H,17,18)(H,19,20)/t9-,10+/m1/s1. The zero-order valence-corrected chi connectivity index (χ0v) is 11.2. The summed E-state index contributed by atoms with van der Waals surface area (Å²) in [4.78, 5) is 23.2. The minimum atomic E-state index is -1.02. The van der Waals surface area contributed by atoms with Crippen LogP contribution in [0.4, 0.5) is 10.1 Å². The normalized spacial score (nSPS) is 21.5. The van der Waals surface area contributed by atoms with Gasteiger partial charge in [-0.2, -0.15) is 0 Å². The number of anilines is 1. The van der Waals surface area contributed by atoms with Crippen LogP contribution in [0.1, 0.15) is 12.8 Å². The first kappa shape index (κ1) is 14.5. The second-order valence-corrected chi connectivity index (χ2v) is 5.04. The number of benzene rings is 1. The molecule has 0 heterocycles. The molecule has 0 bridgehead atoms. The molecule has 2 rings (SSSR count). The zero-order chi connectivity index (χ0) is 14.7. The van der Waals surface area contributed by atoms with Gasteiger partial charge in [0.1, 0.15) is 5.82 Å². The van der Waals surface area contributed by atoms with Crippen LogP contribution in [-0.2, 0) is 9.59 Å². The van der Waals surface area contributed by atoms with E-state index in [1.165, 1.54) is 12.1 Å². The summed E-state index contributed by atoms with van der Waals surface area (Å²) in [5.74, 6) is -3.65. The van der Waals surface area contributed by atoms with Gasteiger partial charge in [0.2, 0.25) is 5.91 Å². The quantitative estimate of drug-likeness (QED) is 0.843. The molecule has 1 aromatic carbocycles. The smallest absolute Gasteiger partial charge is 0.307 e. The van der Waals surface area contributed by atoms with Crippen molar-refractivity contribution in [3.63, 3.8) is 0 Å². The number of carbonyl (C=O) groups excluding carboxylic acids is 1. The van der Waals surface area contributed by atoms with Crippen LogP contribution in [0.15, 0.2) is 30.4 Å². The predicted octanol–water partition coefficient (Wildman–Crippen LogP) is 3.08. The van der Waals surface area contributed by atoms with Crippen LogP contribution in [0.3, 0.4) is 0 Å². The fourth-order valence-electron chi connectivity index (χ4n) is 2.19. The first-order valence-corrected chi connectivity index (χ1v) is 6.50. The van der Waals surface area contributed by atoms with Crippen molar-refractivity contribution in [3.8, 4) is 0 Å². The van der Waals surface area contributed by atoms with Gasteiger partial charge in [0.25, 0.3) is 0 Å². The van der Waals surface area contributed by atoms with Gasteiger partial charge in [-0.15, -0.1) is 0 Å². The van der Waals surface area contributed by atoms with Gasteiger partial charge in [0, 0.05) is 5.02 Å². The van der Waals surface area contributed by atoms with Crippen molar-refractivity contribution in [1.82, 2.24) is 0 Å². The summed E-state index contributed by atoms with van der Waals surface area (Å²) in [5, 5.41) is 11.8. The van der Waals surface area contributed by atoms with E-state index in [-0.39, 0.29) is 10.7 Å². The zero-order valence-electron chi connectivity index (χ0n) is 10.5. The van der Waals surface area contributed by atoms with E-state index in [0.29, 0.717) is 12.8 Å². The van der Waals surface area contributed by atoms with Crippen LogP contribution >= 0.6 is 11.6 Å². The Morgan fingerprint density at radius 1 is 1.25 bits per heavy atom. The number of allylic oxidation sites excluding steroid dienone is 2. The van der Waals surface area contributed by atoms with Gasteiger partial charge < -0.3 is 10.4 Å². The number of halogens is 2. The lowest BCUT2D eigenvalue weighted by Gasteiger charge is -2.24. The molecule has 0 saturated carbocycles. The van der Waals surface area contributed by atoms with Crippen molar-refractivity contribution in [2.24, 2.45) is 11.8 Å². The van der Waals surface area contributed by atoms with Crippen LogP contribution in [0.25, 0.3) is 0 Å². The summed E-state index contributed by atoms with van der Waals surface area (Å²) in [6, 6.07) is 3.90. The Morgan fingerprint density at radius 3 is 2.50 bits per heavy atom. The minimum Gasteiger partial charge on any atom is -0.481 e. The van der Waals surface area contributed by atoms with Crippen molar-refractivity contribution in [3.05, 3.63) is 41.2 Å². The lowest BCUT2D eigenvalue weighted by Crippen LogP contribution is -2.34. The number of aliphatic carboxylic acids is 1. The Bertz CT molecular complexity index is 574. The minimum absolute atomic E-state index is 0.00177. The highest BCUT2D eigenvalue weighted by Crippen LogP contribution is 2.28. The molecule has 0 aromatic heterocycles. The fraction of sp³-hybridized carbons (Fsp3) is 0.286. The number of carboxylic acid groups (broad SMARTS) is 1. The number of amides is 1. The predicted molar refractivity (Wildman–Crippen MR) is 73.0 cm³/mol. The molecule has 1 amide bonds. The Labute approximate surface area is 120 Å². The fourth-order valence-corrected chi connectivity index (χ4v) is 2.35. The van der Waals surface area contributed by atoms with E-state index < -0.39 is 29.5 Å². The topological polar surface area (TPSA) is 66.4 Å². The molecule has 2 N–H and O–H groups in total. The Balaban J connectivity index is 2.14. The Hall–Kier alpha value is -1.88. The van der Waals surface area contributed by atoms with E-state index in [2.05, 4.69) is 5.32 Å². The van der Waals surface area contributed by atoms with Crippen LogP contribution in [0, 0.1) is 17.7 Å². The molecule has 0 saturated heterocycles. The van der Waals surface area contributed by atoms with Crippen molar-refractivity contribution in [2.75, 3.05) is 5.32 Å². The molecule has 20 heavy (non-hydrogen) atoms. The number of hydrogen-bond acceptors (Lipinski definition) is 2. The van der Waals surface area contributed by atoms with Gasteiger partial charge in [0.05, 0.1) is 17.5 Å². The lowest BCUT2D eigenvalue weighted by atomic mass is 9.82. The van der Waals surface area contributed by atoms with Gasteiger partial charge in [-0.1, -0.05) is 23.8 Å². The molecule has 0 unspecified atom stereocenters. The number of hydrogen-bond donors (Lipinski definition) is 2. The Kier molecular flexibility index (Phi) is 4.39. The lowest BCUT2D eigenvalue weighted by molar-refractivity contribution is -0.146. The van der Waals surface area contributed by atoms with Gasteiger partial charge in [0.15, 0.2) is 0 Å². The molecular formula is C14H13ClFNO3. The van der Waals surface area contributed by atoms with Gasteiger partial charge >= 0.3 is 5.97 Å². The molecule has 1 aliphatic rings. The average Bonchev–Trinajstić information content (AvgIpc) is 2.41. The van der Waals surface area contributed by atoms with Crippen molar-refractivity contribution in [1.29, 1.82) is 0 Å². The monoisotopic (exact) mass is 297 g/mol. The highest BCUT2D eigenvalue weighted by molar-refractivity contribution is 6.30. The molecule has 2 atom stereocenters. The van der Waals surface area contributed by atoms with E-state index in [4.69, 9.17) is 16.7 Å². The van der Waals surface area contributed by atoms with Crippen LogP contribution < -0.4 is 5.32 Å². The largest absolute Gasteiger partial charge is 0.481 e. The van der Waals surface area contributed by atoms with E-state index in [1.54, 1.807) is 12.2 Å². The second-order valence-electron chi connectivity index (χ2n) is 4.61. The van der Waals surface area contributed by atoms with Gasteiger partial charge in [-0.3, -0.25) is 9.59 Å². The molecule has 1 aromatic rings. The highest BCUT2D eigenvalue weighted by Gasteiger charge is 2.34. The molecule has 0 spiro atoms. The maximum absolute atomic E-state index is 13.6. The molecule has 0 aliphatic heterocycles. The summed E-state index contributed by atoms with van der Waals surface area (Å²) >= 11 is 5.63. The van der Waals surface area contributed by atoms with Gasteiger partial charge in [-0.25, -0.2) is 4.39 Å². The third-order valence-electron chi connectivity index (χ3n) is 3.28. The van der Waals surface area contributed by atoms with E-state index in [0.717, 1.165) is 6.07 Å². The third kappa shape index (κ3) is 3.17. The first-order chi connectivity index (χ1) is 9.49. The van der Waals surface area contributed by atoms with E-state index in [9.17, 15) is 14.0 Å². The second kappa shape index (κ2) is 6.05. The SMILES string of the molecule is O=C(O)[C@H]1CC=CC[C@H]1C(=O)Nc1ccc(Cl)cc1F. The van der Waals surface area contributed by atoms with Crippen LogP contribution in [0.5, 0.6) is 0 Å². The maximum Gasteiger partial charge on any atom is 0.307 e. The Morgan fingerprint density at radius 2 is 1.90 bits per heavy atom. The van der Waals surface area contributed by atoms with Crippen molar-refractivity contribution < 1.29 is 19.1 Å². The summed E-state index contributed by atoms with van der Waals surface area (Å²) < 4.78 is 13.6. The number of carbonyl (C=O) groups is 2. The highest BCUT2D eigenvalue weighted by atomic mass is 35.5. The summed E-state index contributed by atoms with van der Waals surface area (Å²) in [6.45, 7) is 0. The van der Waals surface area contributed by atoms with Crippen LogP contribution in [-0.4, -0.2) is 17.0 Å². The maximum atomic E-state index is 13.6. The molecule has 0 radical (unpaired) electrons. The number of rotatable bonds is 3.